The number of nitrogens with two attached hydrogens (primary N) is 1. The molecule has 0 saturated carbocycles. The Hall–Kier alpha value is -0.260. The molecule has 2 heterocycles. The average molecular weight is 272 g/mol. The van der Waals surface area contributed by atoms with Crippen molar-refractivity contribution in [3.63, 3.8) is 0 Å². The van der Waals surface area contributed by atoms with E-state index in [1.54, 1.807) is 18.9 Å². The maximum Gasteiger partial charge on any atom is 0.238 e. The number of thioether (sulfide) groups is 1. The molecule has 3 unspecified atom stereocenters. The molecule has 0 aromatic heterocycles. The number of ether oxygens (including phenoxy) is 1. The molecule has 18 heavy (non-hydrogen) atoms. The van der Waals surface area contributed by atoms with Gasteiger partial charge in [-0.25, -0.2) is 0 Å². The number of hydrogen-bond donors (Lipinski definition) is 1. The number of methoxy groups -OCH3 is 1. The first-order chi connectivity index (χ1) is 8.60. The third-order valence-corrected chi connectivity index (χ3v) is 5.71. The first-order valence-electron chi connectivity index (χ1n) is 6.78. The van der Waals surface area contributed by atoms with Gasteiger partial charge in [-0.1, -0.05) is 0 Å². The van der Waals surface area contributed by atoms with Crippen LogP contribution in [-0.2, 0) is 9.53 Å². The molecule has 1 amide bonds. The molecule has 2 N–H and O–H groups in total. The van der Waals surface area contributed by atoms with Gasteiger partial charge in [0.2, 0.25) is 5.91 Å². The van der Waals surface area contributed by atoms with Crippen molar-refractivity contribution in [2.75, 3.05) is 26.0 Å². The fraction of sp³-hybridized carbons (Fsp3) is 0.923. The largest absolute Gasteiger partial charge is 0.381 e. The maximum atomic E-state index is 12.7. The number of amides is 1. The van der Waals surface area contributed by atoms with E-state index in [0.29, 0.717) is 6.54 Å². The predicted molar refractivity (Wildman–Crippen MR) is 74.7 cm³/mol. The van der Waals surface area contributed by atoms with E-state index in [0.717, 1.165) is 38.0 Å². The molecule has 2 fully saturated rings. The third kappa shape index (κ3) is 2.68. The van der Waals surface area contributed by atoms with Crippen molar-refractivity contribution >= 4 is 17.7 Å². The average Bonchev–Trinajstić information content (AvgIpc) is 2.85. The van der Waals surface area contributed by atoms with Crippen LogP contribution in [0, 0.1) is 0 Å². The highest BCUT2D eigenvalue weighted by molar-refractivity contribution is 8.01. The summed E-state index contributed by atoms with van der Waals surface area (Å²) in [4.78, 5) is 14.7. The zero-order chi connectivity index (χ0) is 13.2. The van der Waals surface area contributed by atoms with E-state index in [-0.39, 0.29) is 22.8 Å². The molecule has 2 rings (SSSR count). The standard InChI is InChI=1S/C13H24N2O2S/c1-13(5-3-7-18-13)12(16)15-6-4-11(17-2)8-10(15)9-14/h10-11H,3-9,14H2,1-2H3. The highest BCUT2D eigenvalue weighted by atomic mass is 32.2. The lowest BCUT2D eigenvalue weighted by Gasteiger charge is -2.41. The summed E-state index contributed by atoms with van der Waals surface area (Å²) in [5.74, 6) is 1.39. The van der Waals surface area contributed by atoms with Crippen LogP contribution in [0.25, 0.3) is 0 Å². The lowest BCUT2D eigenvalue weighted by Crippen LogP contribution is -2.55. The van der Waals surface area contributed by atoms with E-state index in [9.17, 15) is 4.79 Å². The molecule has 0 bridgehead atoms. The van der Waals surface area contributed by atoms with E-state index in [2.05, 4.69) is 6.92 Å². The lowest BCUT2D eigenvalue weighted by molar-refractivity contribution is -0.139. The van der Waals surface area contributed by atoms with Crippen LogP contribution in [0.4, 0.5) is 0 Å². The zero-order valence-corrected chi connectivity index (χ0v) is 12.2. The van der Waals surface area contributed by atoms with Crippen LogP contribution in [0.5, 0.6) is 0 Å². The van der Waals surface area contributed by atoms with Crippen molar-refractivity contribution in [1.29, 1.82) is 0 Å². The first-order valence-corrected chi connectivity index (χ1v) is 7.77. The van der Waals surface area contributed by atoms with Gasteiger partial charge in [-0.05, 0) is 38.4 Å². The van der Waals surface area contributed by atoms with E-state index in [4.69, 9.17) is 10.5 Å². The SMILES string of the molecule is COC1CCN(C(=O)C2(C)CCCS2)C(CN)C1. The fourth-order valence-corrected chi connectivity index (χ4v) is 4.24. The lowest BCUT2D eigenvalue weighted by atomic mass is 9.95. The second-order valence-electron chi connectivity index (χ2n) is 5.45. The molecule has 0 aromatic carbocycles. The number of carbonyl (C=O) groups excluding carboxylic acids is 1. The van der Waals surface area contributed by atoms with E-state index >= 15 is 0 Å². The Kier molecular flexibility index (Phi) is 4.56. The minimum Gasteiger partial charge on any atom is -0.381 e. The molecule has 0 aliphatic carbocycles. The van der Waals surface area contributed by atoms with Crippen LogP contribution in [0.2, 0.25) is 0 Å². The predicted octanol–water partition coefficient (Wildman–Crippen LogP) is 1.24. The zero-order valence-electron chi connectivity index (χ0n) is 11.4. The van der Waals surface area contributed by atoms with Gasteiger partial charge in [0.15, 0.2) is 0 Å². The molecule has 0 aromatic rings. The summed E-state index contributed by atoms with van der Waals surface area (Å²) in [6.45, 7) is 3.41. The number of piperidine rings is 1. The van der Waals surface area contributed by atoms with E-state index < -0.39 is 0 Å². The van der Waals surface area contributed by atoms with Crippen LogP contribution in [0.1, 0.15) is 32.6 Å². The molecular formula is C13H24N2O2S. The van der Waals surface area contributed by atoms with Crippen LogP contribution in [0.15, 0.2) is 0 Å². The molecule has 5 heteroatoms. The monoisotopic (exact) mass is 272 g/mol. The Morgan fingerprint density at radius 3 is 2.94 bits per heavy atom. The van der Waals surface area contributed by atoms with Gasteiger partial charge in [0.1, 0.15) is 0 Å². The second-order valence-corrected chi connectivity index (χ2v) is 7.05. The summed E-state index contributed by atoms with van der Waals surface area (Å²) in [5.41, 5.74) is 5.83. The van der Waals surface area contributed by atoms with E-state index in [1.165, 1.54) is 0 Å². The minimum absolute atomic E-state index is 0.147. The smallest absolute Gasteiger partial charge is 0.238 e. The topological polar surface area (TPSA) is 55.6 Å². The van der Waals surface area contributed by atoms with Crippen molar-refractivity contribution in [1.82, 2.24) is 4.90 Å². The van der Waals surface area contributed by atoms with Crippen molar-refractivity contribution in [3.05, 3.63) is 0 Å². The fourth-order valence-electron chi connectivity index (χ4n) is 2.97. The molecule has 0 spiro atoms. The highest BCUT2D eigenvalue weighted by Gasteiger charge is 2.43. The van der Waals surface area contributed by atoms with Crippen molar-refractivity contribution < 1.29 is 9.53 Å². The minimum atomic E-state index is -0.215. The Balaban J connectivity index is 2.05. The molecule has 2 aliphatic heterocycles. The molecule has 3 atom stereocenters. The molecular weight excluding hydrogens is 248 g/mol. The van der Waals surface area contributed by atoms with Crippen LogP contribution < -0.4 is 5.73 Å². The van der Waals surface area contributed by atoms with Crippen LogP contribution in [-0.4, -0.2) is 53.7 Å². The summed E-state index contributed by atoms with van der Waals surface area (Å²) in [5, 5.41) is 0. The Morgan fingerprint density at radius 2 is 2.39 bits per heavy atom. The number of likely N-dealkylation sites (tertiary alicyclic amines) is 1. The van der Waals surface area contributed by atoms with Crippen molar-refractivity contribution in [2.45, 2.75) is 49.5 Å². The van der Waals surface area contributed by atoms with Gasteiger partial charge < -0.3 is 15.4 Å². The van der Waals surface area contributed by atoms with Gasteiger partial charge in [0.05, 0.1) is 10.9 Å². The van der Waals surface area contributed by atoms with Crippen molar-refractivity contribution in [2.24, 2.45) is 5.73 Å². The Labute approximate surface area is 114 Å². The number of rotatable bonds is 3. The maximum absolute atomic E-state index is 12.7. The normalized spacial score (nSPS) is 36.9. The summed E-state index contributed by atoms with van der Waals surface area (Å²) in [6.07, 6.45) is 4.21. The summed E-state index contributed by atoms with van der Waals surface area (Å²) >= 11 is 1.80. The van der Waals surface area contributed by atoms with Gasteiger partial charge >= 0.3 is 0 Å². The Bertz CT molecular complexity index is 305. The number of nitrogens with zero attached hydrogens (tertiary/aromatic N) is 1. The molecule has 0 radical (unpaired) electrons. The number of carbonyl (C=O) groups is 1. The Morgan fingerprint density at radius 1 is 1.61 bits per heavy atom. The van der Waals surface area contributed by atoms with E-state index in [1.807, 2.05) is 4.90 Å². The number of hydrogen-bond acceptors (Lipinski definition) is 4. The molecule has 2 saturated heterocycles. The van der Waals surface area contributed by atoms with Gasteiger partial charge in [-0.3, -0.25) is 4.79 Å². The first kappa shape index (κ1) is 14.2. The van der Waals surface area contributed by atoms with Crippen molar-refractivity contribution in [3.8, 4) is 0 Å². The van der Waals surface area contributed by atoms with Crippen LogP contribution >= 0.6 is 11.8 Å². The van der Waals surface area contributed by atoms with Crippen LogP contribution in [0.3, 0.4) is 0 Å². The van der Waals surface area contributed by atoms with Gasteiger partial charge in [0, 0.05) is 26.2 Å². The molecule has 2 aliphatic rings. The van der Waals surface area contributed by atoms with Gasteiger partial charge in [0.25, 0.3) is 0 Å². The summed E-state index contributed by atoms with van der Waals surface area (Å²) < 4.78 is 5.19. The third-order valence-electron chi connectivity index (χ3n) is 4.21. The highest BCUT2D eigenvalue weighted by Crippen LogP contribution is 2.40. The molecule has 4 nitrogen and oxygen atoms in total. The van der Waals surface area contributed by atoms with Gasteiger partial charge in [-0.15, -0.1) is 11.8 Å². The van der Waals surface area contributed by atoms with Gasteiger partial charge in [-0.2, -0.15) is 0 Å². The second kappa shape index (κ2) is 5.80. The molecule has 104 valence electrons. The quantitative estimate of drug-likeness (QED) is 0.840. The summed E-state index contributed by atoms with van der Waals surface area (Å²) in [6, 6.07) is 0.147. The summed E-state index contributed by atoms with van der Waals surface area (Å²) in [7, 11) is 1.74.